The summed E-state index contributed by atoms with van der Waals surface area (Å²) in [5.74, 6) is 0. The van der Waals surface area contributed by atoms with E-state index in [2.05, 4.69) is 10.3 Å². The van der Waals surface area contributed by atoms with Gasteiger partial charge >= 0.3 is 0 Å². The molecule has 0 aliphatic carbocycles. The minimum atomic E-state index is 0.531. The largest absolute Gasteiger partial charge is 0.399 e. The Morgan fingerprint density at radius 3 is 2.17 bits per heavy atom. The topological polar surface area (TPSA) is 110 Å². The van der Waals surface area contributed by atoms with Gasteiger partial charge in [-0.3, -0.25) is 0 Å². The van der Waals surface area contributed by atoms with Crippen LogP contribution in [-0.2, 0) is 20.8 Å². The number of hydrogen-bond acceptors (Lipinski definition) is 7. The number of nitrogens with zero attached hydrogens (tertiary/aromatic N) is 3. The Hall–Kier alpha value is -2.00. The SMILES string of the molecule is NCCOCCOCCOCCn1nncc1-c1ccc(N)cc1. The molecule has 0 atom stereocenters. The van der Waals surface area contributed by atoms with Gasteiger partial charge in [0, 0.05) is 17.8 Å². The van der Waals surface area contributed by atoms with Crippen molar-refractivity contribution in [3.63, 3.8) is 0 Å². The van der Waals surface area contributed by atoms with Crippen LogP contribution in [0, 0.1) is 0 Å². The second kappa shape index (κ2) is 10.7. The molecular weight excluding hydrogens is 310 g/mol. The van der Waals surface area contributed by atoms with E-state index in [1.165, 1.54) is 0 Å². The summed E-state index contributed by atoms with van der Waals surface area (Å²) in [5.41, 5.74) is 13.7. The Morgan fingerprint density at radius 2 is 1.50 bits per heavy atom. The maximum atomic E-state index is 5.71. The van der Waals surface area contributed by atoms with Crippen molar-refractivity contribution >= 4 is 5.69 Å². The molecule has 0 bridgehead atoms. The molecule has 0 saturated heterocycles. The van der Waals surface area contributed by atoms with E-state index >= 15 is 0 Å². The van der Waals surface area contributed by atoms with E-state index in [1.807, 2.05) is 28.9 Å². The van der Waals surface area contributed by atoms with Crippen LogP contribution in [0.1, 0.15) is 0 Å². The normalized spacial score (nSPS) is 11.0. The van der Waals surface area contributed by atoms with E-state index in [0.29, 0.717) is 52.7 Å². The van der Waals surface area contributed by atoms with E-state index < -0.39 is 0 Å². The number of benzene rings is 1. The Balaban J connectivity index is 1.62. The summed E-state index contributed by atoms with van der Waals surface area (Å²) in [4.78, 5) is 0. The maximum absolute atomic E-state index is 5.71. The first-order chi connectivity index (χ1) is 11.8. The molecule has 8 nitrogen and oxygen atoms in total. The van der Waals surface area contributed by atoms with Gasteiger partial charge in [-0.25, -0.2) is 4.68 Å². The van der Waals surface area contributed by atoms with Crippen molar-refractivity contribution in [2.45, 2.75) is 6.54 Å². The summed E-state index contributed by atoms with van der Waals surface area (Å²) < 4.78 is 18.0. The summed E-state index contributed by atoms with van der Waals surface area (Å²) in [5, 5.41) is 8.05. The lowest BCUT2D eigenvalue weighted by Crippen LogP contribution is -2.15. The second-order valence-electron chi connectivity index (χ2n) is 5.09. The zero-order chi connectivity index (χ0) is 17.0. The first kappa shape index (κ1) is 18.3. The number of aromatic nitrogens is 3. The molecule has 0 fully saturated rings. The summed E-state index contributed by atoms with van der Waals surface area (Å²) >= 11 is 0. The lowest BCUT2D eigenvalue weighted by atomic mass is 10.1. The zero-order valence-corrected chi connectivity index (χ0v) is 13.8. The Labute approximate surface area is 141 Å². The number of nitrogen functional groups attached to an aromatic ring is 1. The Kier molecular flexibility index (Phi) is 8.19. The van der Waals surface area contributed by atoms with Crippen LogP contribution in [0.25, 0.3) is 11.3 Å². The fourth-order valence-electron chi connectivity index (χ4n) is 2.08. The predicted molar refractivity (Wildman–Crippen MR) is 91.4 cm³/mol. The quantitative estimate of drug-likeness (QED) is 0.430. The molecule has 1 aromatic heterocycles. The van der Waals surface area contributed by atoms with Gasteiger partial charge in [0.15, 0.2) is 0 Å². The van der Waals surface area contributed by atoms with Gasteiger partial charge in [0.1, 0.15) is 0 Å². The monoisotopic (exact) mass is 335 g/mol. The lowest BCUT2D eigenvalue weighted by molar-refractivity contribution is 0.0141. The molecule has 0 spiro atoms. The summed E-state index contributed by atoms with van der Waals surface area (Å²) in [6.45, 7) is 4.43. The molecule has 0 unspecified atom stereocenters. The summed E-state index contributed by atoms with van der Waals surface area (Å²) in [6.07, 6.45) is 1.73. The van der Waals surface area contributed by atoms with Crippen LogP contribution in [0.4, 0.5) is 5.69 Å². The number of hydrogen-bond donors (Lipinski definition) is 2. The molecule has 0 aliphatic heterocycles. The fourth-order valence-corrected chi connectivity index (χ4v) is 2.08. The fraction of sp³-hybridized carbons (Fsp3) is 0.500. The highest BCUT2D eigenvalue weighted by Gasteiger charge is 2.06. The van der Waals surface area contributed by atoms with Crippen molar-refractivity contribution in [2.75, 3.05) is 51.9 Å². The number of anilines is 1. The predicted octanol–water partition coefficient (Wildman–Crippen LogP) is 0.536. The molecule has 1 heterocycles. The van der Waals surface area contributed by atoms with Gasteiger partial charge in [0.05, 0.1) is 58.1 Å². The lowest BCUT2D eigenvalue weighted by Gasteiger charge is -2.08. The Morgan fingerprint density at radius 1 is 0.875 bits per heavy atom. The minimum Gasteiger partial charge on any atom is -0.399 e. The molecule has 4 N–H and O–H groups in total. The average molecular weight is 335 g/mol. The van der Waals surface area contributed by atoms with Crippen LogP contribution in [0.5, 0.6) is 0 Å². The molecule has 132 valence electrons. The summed E-state index contributed by atoms with van der Waals surface area (Å²) in [6, 6.07) is 7.62. The van der Waals surface area contributed by atoms with Gasteiger partial charge in [-0.1, -0.05) is 17.3 Å². The number of ether oxygens (including phenoxy) is 3. The van der Waals surface area contributed by atoms with Gasteiger partial charge in [-0.2, -0.15) is 0 Å². The van der Waals surface area contributed by atoms with Crippen LogP contribution in [0.15, 0.2) is 30.5 Å². The van der Waals surface area contributed by atoms with Crippen LogP contribution < -0.4 is 11.5 Å². The highest BCUT2D eigenvalue weighted by atomic mass is 16.5. The molecule has 8 heteroatoms. The van der Waals surface area contributed by atoms with Crippen LogP contribution in [-0.4, -0.2) is 61.2 Å². The standard InChI is InChI=1S/C16H25N5O3/c17-5-7-22-9-11-24-12-10-23-8-6-21-16(13-19-20-21)14-1-3-15(18)4-2-14/h1-4,13H,5-12,17-18H2. The van der Waals surface area contributed by atoms with Crippen molar-refractivity contribution < 1.29 is 14.2 Å². The van der Waals surface area contributed by atoms with Crippen molar-refractivity contribution in [3.8, 4) is 11.3 Å². The van der Waals surface area contributed by atoms with Crippen molar-refractivity contribution in [1.29, 1.82) is 0 Å². The van der Waals surface area contributed by atoms with Gasteiger partial charge in [-0.15, -0.1) is 5.10 Å². The second-order valence-corrected chi connectivity index (χ2v) is 5.09. The van der Waals surface area contributed by atoms with E-state index in [4.69, 9.17) is 25.7 Å². The van der Waals surface area contributed by atoms with Crippen molar-refractivity contribution in [2.24, 2.45) is 5.73 Å². The molecule has 2 aromatic rings. The Bertz CT molecular complexity index is 573. The van der Waals surface area contributed by atoms with E-state index in [-0.39, 0.29) is 0 Å². The van der Waals surface area contributed by atoms with Gasteiger partial charge in [-0.05, 0) is 12.1 Å². The van der Waals surface area contributed by atoms with E-state index in [0.717, 1.165) is 16.9 Å². The molecule has 1 aromatic carbocycles. The summed E-state index contributed by atoms with van der Waals surface area (Å²) in [7, 11) is 0. The van der Waals surface area contributed by atoms with E-state index in [1.54, 1.807) is 6.20 Å². The highest BCUT2D eigenvalue weighted by Crippen LogP contribution is 2.19. The van der Waals surface area contributed by atoms with Gasteiger partial charge in [0.25, 0.3) is 0 Å². The molecule has 0 radical (unpaired) electrons. The maximum Gasteiger partial charge on any atom is 0.0886 e. The van der Waals surface area contributed by atoms with Crippen molar-refractivity contribution in [3.05, 3.63) is 30.5 Å². The molecule has 0 amide bonds. The molecule has 24 heavy (non-hydrogen) atoms. The van der Waals surface area contributed by atoms with E-state index in [9.17, 15) is 0 Å². The number of nitrogens with two attached hydrogens (primary N) is 2. The first-order valence-corrected chi connectivity index (χ1v) is 7.99. The average Bonchev–Trinajstić information content (AvgIpc) is 3.06. The highest BCUT2D eigenvalue weighted by molar-refractivity contribution is 5.61. The smallest absolute Gasteiger partial charge is 0.0886 e. The third kappa shape index (κ3) is 6.25. The van der Waals surface area contributed by atoms with Crippen molar-refractivity contribution in [1.82, 2.24) is 15.0 Å². The third-order valence-corrected chi connectivity index (χ3v) is 3.28. The molecule has 0 saturated carbocycles. The first-order valence-electron chi connectivity index (χ1n) is 7.99. The molecule has 0 aliphatic rings. The molecule has 2 rings (SSSR count). The molecular formula is C16H25N5O3. The zero-order valence-electron chi connectivity index (χ0n) is 13.8. The van der Waals surface area contributed by atoms with Crippen LogP contribution in [0.3, 0.4) is 0 Å². The van der Waals surface area contributed by atoms with Gasteiger partial charge in [0.2, 0.25) is 0 Å². The number of rotatable bonds is 12. The third-order valence-electron chi connectivity index (χ3n) is 3.28. The van der Waals surface area contributed by atoms with Crippen LogP contribution in [0.2, 0.25) is 0 Å². The minimum absolute atomic E-state index is 0.531. The van der Waals surface area contributed by atoms with Gasteiger partial charge < -0.3 is 25.7 Å². The van der Waals surface area contributed by atoms with Crippen LogP contribution >= 0.6 is 0 Å².